The van der Waals surface area contributed by atoms with Gasteiger partial charge in [-0.05, 0) is 18.3 Å². The zero-order valence-corrected chi connectivity index (χ0v) is 12.0. The molecule has 4 unspecified atom stereocenters. The monoisotopic (exact) mass is 274 g/mol. The van der Waals surface area contributed by atoms with E-state index in [2.05, 4.69) is 18.2 Å². The number of nitrogens with zero attached hydrogens (tertiary/aromatic N) is 3. The number of fused-ring (bicyclic) bond motifs is 5. The average Bonchev–Trinajstić information content (AvgIpc) is 3.03. The van der Waals surface area contributed by atoms with Crippen LogP contribution in [-0.2, 0) is 9.59 Å². The Morgan fingerprint density at radius 1 is 1.25 bits per heavy atom. The Morgan fingerprint density at radius 3 is 2.30 bits per heavy atom. The van der Waals surface area contributed by atoms with Crippen LogP contribution in [0.4, 0.5) is 0 Å². The highest BCUT2D eigenvalue weighted by Crippen LogP contribution is 2.52. The zero-order valence-electron chi connectivity index (χ0n) is 12.0. The first-order valence-electron chi connectivity index (χ1n) is 7.17. The first kappa shape index (κ1) is 13.3. The van der Waals surface area contributed by atoms with E-state index in [0.717, 1.165) is 6.42 Å². The van der Waals surface area contributed by atoms with Gasteiger partial charge in [0.15, 0.2) is 6.54 Å². The van der Waals surface area contributed by atoms with Gasteiger partial charge in [0, 0.05) is 0 Å². The van der Waals surface area contributed by atoms with Crippen molar-refractivity contribution in [2.24, 2.45) is 23.7 Å². The Balaban J connectivity index is 1.70. The Kier molecular flexibility index (Phi) is 2.94. The van der Waals surface area contributed by atoms with Crippen molar-refractivity contribution in [3.8, 4) is 6.07 Å². The molecule has 5 nitrogen and oxygen atoms in total. The third kappa shape index (κ3) is 1.87. The number of quaternary nitrogens is 1. The molecule has 20 heavy (non-hydrogen) atoms. The number of allylic oxidation sites excluding steroid dienone is 2. The lowest BCUT2D eigenvalue weighted by Crippen LogP contribution is -2.47. The second-order valence-corrected chi connectivity index (χ2v) is 6.80. The molecule has 106 valence electrons. The second kappa shape index (κ2) is 4.42. The van der Waals surface area contributed by atoms with Crippen molar-refractivity contribution >= 4 is 11.8 Å². The van der Waals surface area contributed by atoms with Crippen LogP contribution in [-0.4, -0.2) is 54.9 Å². The number of hydrogen-bond acceptors (Lipinski definition) is 3. The molecule has 2 aliphatic carbocycles. The summed E-state index contributed by atoms with van der Waals surface area (Å²) < 4.78 is 0.508. The summed E-state index contributed by atoms with van der Waals surface area (Å²) in [6.45, 7) is 1.45. The minimum atomic E-state index is -0.107. The quantitative estimate of drug-likeness (QED) is 0.322. The van der Waals surface area contributed by atoms with Gasteiger partial charge in [0.2, 0.25) is 11.8 Å². The van der Waals surface area contributed by atoms with Crippen molar-refractivity contribution in [1.29, 1.82) is 5.26 Å². The van der Waals surface area contributed by atoms with Gasteiger partial charge in [-0.15, -0.1) is 0 Å². The predicted octanol–water partition coefficient (Wildman–Crippen LogP) is 0.393. The summed E-state index contributed by atoms with van der Waals surface area (Å²) in [7, 11) is 3.89. The third-order valence-electron chi connectivity index (χ3n) is 4.99. The van der Waals surface area contributed by atoms with Gasteiger partial charge in [0.1, 0.15) is 6.07 Å². The summed E-state index contributed by atoms with van der Waals surface area (Å²) in [5.41, 5.74) is 0. The molecule has 0 radical (unpaired) electrons. The molecule has 0 spiro atoms. The van der Waals surface area contributed by atoms with Gasteiger partial charge < -0.3 is 4.48 Å². The van der Waals surface area contributed by atoms with Crippen LogP contribution in [0.1, 0.15) is 6.42 Å². The Labute approximate surface area is 119 Å². The smallest absolute Gasteiger partial charge is 0.233 e. The van der Waals surface area contributed by atoms with Crippen molar-refractivity contribution < 1.29 is 14.1 Å². The van der Waals surface area contributed by atoms with E-state index in [1.807, 2.05) is 14.1 Å². The summed E-state index contributed by atoms with van der Waals surface area (Å²) in [5, 5.41) is 8.79. The maximum atomic E-state index is 12.5. The number of likely N-dealkylation sites (N-methyl/N-ethyl adjacent to an activating group) is 1. The van der Waals surface area contributed by atoms with Crippen molar-refractivity contribution in [2.75, 3.05) is 33.7 Å². The van der Waals surface area contributed by atoms with Crippen molar-refractivity contribution in [3.63, 3.8) is 0 Å². The molecule has 2 bridgehead atoms. The van der Waals surface area contributed by atoms with Crippen LogP contribution in [0.2, 0.25) is 0 Å². The third-order valence-corrected chi connectivity index (χ3v) is 4.99. The number of hydrogen-bond donors (Lipinski definition) is 0. The first-order chi connectivity index (χ1) is 9.44. The number of likely N-dealkylation sites (tertiary alicyclic amines) is 1. The number of nitriles is 1. The zero-order chi connectivity index (χ0) is 14.5. The molecule has 4 atom stereocenters. The molecule has 0 aromatic rings. The van der Waals surface area contributed by atoms with Gasteiger partial charge in [0.25, 0.3) is 0 Å². The molecule has 5 heteroatoms. The SMILES string of the molecule is C[N+](C)(CC#N)CCN1C(=O)C2C3C=CC(C3)C2C1=O. The molecule has 1 saturated heterocycles. The van der Waals surface area contributed by atoms with E-state index >= 15 is 0 Å². The van der Waals surface area contributed by atoms with Gasteiger partial charge in [-0.25, -0.2) is 0 Å². The standard InChI is InChI=1S/C15H20N3O2/c1-18(2,7-5-16)8-6-17-14(19)12-10-3-4-11(9-10)13(12)15(17)20/h3-4,10-13H,6-9H2,1-2H3/q+1. The van der Waals surface area contributed by atoms with Crippen LogP contribution in [0.5, 0.6) is 0 Å². The molecule has 3 aliphatic rings. The highest BCUT2D eigenvalue weighted by Gasteiger charge is 2.59. The molecule has 2 amide bonds. The molecule has 2 fully saturated rings. The van der Waals surface area contributed by atoms with Gasteiger partial charge in [-0.1, -0.05) is 12.2 Å². The van der Waals surface area contributed by atoms with Crippen LogP contribution in [0, 0.1) is 35.0 Å². The first-order valence-corrected chi connectivity index (χ1v) is 7.17. The van der Waals surface area contributed by atoms with Crippen LogP contribution in [0.25, 0.3) is 0 Å². The lowest BCUT2D eigenvalue weighted by Gasteiger charge is -2.28. The van der Waals surface area contributed by atoms with E-state index in [1.165, 1.54) is 4.90 Å². The van der Waals surface area contributed by atoms with Crippen molar-refractivity contribution in [2.45, 2.75) is 6.42 Å². The Morgan fingerprint density at radius 2 is 1.80 bits per heavy atom. The van der Waals surface area contributed by atoms with E-state index in [9.17, 15) is 9.59 Å². The molecule has 1 saturated carbocycles. The lowest BCUT2D eigenvalue weighted by molar-refractivity contribution is -0.882. The van der Waals surface area contributed by atoms with Crippen LogP contribution < -0.4 is 0 Å². The van der Waals surface area contributed by atoms with Crippen LogP contribution in [0.15, 0.2) is 12.2 Å². The van der Waals surface area contributed by atoms with Crippen molar-refractivity contribution in [3.05, 3.63) is 12.2 Å². The lowest BCUT2D eigenvalue weighted by atomic mass is 9.85. The summed E-state index contributed by atoms with van der Waals surface area (Å²) in [6.07, 6.45) is 5.18. The van der Waals surface area contributed by atoms with Gasteiger partial charge in [-0.2, -0.15) is 5.26 Å². The highest BCUT2D eigenvalue weighted by atomic mass is 16.2. The summed E-state index contributed by atoms with van der Waals surface area (Å²) in [5.74, 6) is 0.344. The average molecular weight is 274 g/mol. The van der Waals surface area contributed by atoms with Crippen LogP contribution >= 0.6 is 0 Å². The molecule has 0 N–H and O–H groups in total. The maximum absolute atomic E-state index is 12.5. The van der Waals surface area contributed by atoms with E-state index in [-0.39, 0.29) is 35.5 Å². The van der Waals surface area contributed by atoms with Gasteiger partial charge >= 0.3 is 0 Å². The fourth-order valence-electron chi connectivity index (χ4n) is 3.83. The minimum Gasteiger partial charge on any atom is -0.315 e. The van der Waals surface area contributed by atoms with Crippen molar-refractivity contribution in [1.82, 2.24) is 4.90 Å². The number of rotatable bonds is 4. The maximum Gasteiger partial charge on any atom is 0.233 e. The number of carbonyl (C=O) groups is 2. The predicted molar refractivity (Wildman–Crippen MR) is 71.9 cm³/mol. The molecule has 0 aromatic heterocycles. The van der Waals surface area contributed by atoms with Gasteiger partial charge in [0.05, 0.1) is 39.0 Å². The summed E-state index contributed by atoms with van der Waals surface area (Å²) in [6, 6.07) is 2.14. The Bertz CT molecular complexity index is 502. The number of amides is 2. The molecular formula is C15H20N3O2+. The molecule has 3 rings (SSSR count). The summed E-state index contributed by atoms with van der Waals surface area (Å²) in [4.78, 5) is 26.4. The van der Waals surface area contributed by atoms with E-state index in [0.29, 0.717) is 24.1 Å². The molecular weight excluding hydrogens is 254 g/mol. The Hall–Kier alpha value is -1.67. The van der Waals surface area contributed by atoms with Gasteiger partial charge in [-0.3, -0.25) is 14.5 Å². The van der Waals surface area contributed by atoms with E-state index in [4.69, 9.17) is 5.26 Å². The van der Waals surface area contributed by atoms with E-state index in [1.54, 1.807) is 0 Å². The minimum absolute atomic E-state index is 0.00816. The highest BCUT2D eigenvalue weighted by molar-refractivity contribution is 6.06. The van der Waals surface area contributed by atoms with Crippen LogP contribution in [0.3, 0.4) is 0 Å². The molecule has 1 heterocycles. The number of imide groups is 1. The molecule has 1 aliphatic heterocycles. The topological polar surface area (TPSA) is 61.2 Å². The molecule has 0 aromatic carbocycles. The van der Waals surface area contributed by atoms with E-state index < -0.39 is 0 Å². The largest absolute Gasteiger partial charge is 0.315 e. The summed E-state index contributed by atoms with van der Waals surface area (Å²) >= 11 is 0. The fourth-order valence-corrected chi connectivity index (χ4v) is 3.83. The number of carbonyl (C=O) groups excluding carboxylic acids is 2. The normalized spacial score (nSPS) is 34.8. The fraction of sp³-hybridized carbons (Fsp3) is 0.667. The second-order valence-electron chi connectivity index (χ2n) is 6.80.